The zero-order chi connectivity index (χ0) is 21.0. The van der Waals surface area contributed by atoms with Gasteiger partial charge in [-0.15, -0.1) is 0 Å². The predicted molar refractivity (Wildman–Crippen MR) is 84.6 cm³/mol. The van der Waals surface area contributed by atoms with E-state index in [-0.39, 0.29) is 25.6 Å². The first kappa shape index (κ1) is 22.1. The lowest BCUT2D eigenvalue weighted by atomic mass is 9.85. The van der Waals surface area contributed by atoms with E-state index in [2.05, 4.69) is 10.3 Å². The molecule has 1 saturated heterocycles. The number of urea groups is 1. The summed E-state index contributed by atoms with van der Waals surface area (Å²) in [5.74, 6) is 0.182. The molecule has 0 unspecified atom stereocenters. The second-order valence-corrected chi connectivity index (χ2v) is 6.22. The Kier molecular flexibility index (Phi) is 6.63. The summed E-state index contributed by atoms with van der Waals surface area (Å²) in [6.45, 7) is -1.84. The van der Waals surface area contributed by atoms with Gasteiger partial charge in [-0.1, -0.05) is 6.07 Å². The average Bonchev–Trinajstić information content (AvgIpc) is 3.08. The molecule has 1 aliphatic heterocycles. The Hall–Kier alpha value is -2.24. The molecule has 1 aromatic heterocycles. The number of rotatable bonds is 6. The molecule has 12 heteroatoms. The smallest absolute Gasteiger partial charge is 0.404 e. The number of carbonyl (C=O) groups excluding carboxylic acids is 1. The third-order valence-electron chi connectivity index (χ3n) is 4.45. The number of aromatic nitrogens is 1. The van der Waals surface area contributed by atoms with Gasteiger partial charge in [0.25, 0.3) is 0 Å². The maximum absolute atomic E-state index is 13.1. The first-order valence-electron chi connectivity index (χ1n) is 8.24. The lowest BCUT2D eigenvalue weighted by molar-refractivity contribution is -0.334. The molecule has 1 aliphatic rings. The molecule has 0 spiro atoms. The first-order valence-corrected chi connectivity index (χ1v) is 8.24. The summed E-state index contributed by atoms with van der Waals surface area (Å²) in [7, 11) is 1.47. The molecule has 0 radical (unpaired) electrons. The SMILES string of the molecule is COCCOc1ncccc1CNC(=O)N1CCC(C(F)(F)F)(C(F)(F)F)C1. The van der Waals surface area contributed by atoms with Crippen LogP contribution in [0.2, 0.25) is 0 Å². The van der Waals surface area contributed by atoms with Crippen LogP contribution >= 0.6 is 0 Å². The number of hydrogen-bond acceptors (Lipinski definition) is 4. The Balaban J connectivity index is 2.02. The van der Waals surface area contributed by atoms with Gasteiger partial charge in [-0.2, -0.15) is 26.3 Å². The fourth-order valence-electron chi connectivity index (χ4n) is 2.80. The van der Waals surface area contributed by atoms with E-state index in [1.165, 1.54) is 13.3 Å². The second-order valence-electron chi connectivity index (χ2n) is 6.22. The van der Waals surface area contributed by atoms with E-state index in [9.17, 15) is 31.1 Å². The third-order valence-corrected chi connectivity index (χ3v) is 4.45. The molecule has 158 valence electrons. The quantitative estimate of drug-likeness (QED) is 0.573. The molecule has 1 aromatic rings. The molecule has 2 amide bonds. The number of halogens is 6. The summed E-state index contributed by atoms with van der Waals surface area (Å²) < 4.78 is 88.7. The number of likely N-dealkylation sites (tertiary alicyclic amines) is 1. The van der Waals surface area contributed by atoms with E-state index in [0.29, 0.717) is 10.5 Å². The summed E-state index contributed by atoms with van der Waals surface area (Å²) in [6.07, 6.45) is -10.8. The molecular weight excluding hydrogens is 396 g/mol. The van der Waals surface area contributed by atoms with Gasteiger partial charge in [-0.3, -0.25) is 0 Å². The molecule has 0 bridgehead atoms. The van der Waals surface area contributed by atoms with Crippen molar-refractivity contribution in [3.8, 4) is 5.88 Å². The molecule has 2 rings (SSSR count). The lowest BCUT2D eigenvalue weighted by Crippen LogP contribution is -2.52. The van der Waals surface area contributed by atoms with Crippen molar-refractivity contribution in [3.63, 3.8) is 0 Å². The number of nitrogens with one attached hydrogen (secondary N) is 1. The van der Waals surface area contributed by atoms with Gasteiger partial charge in [0, 0.05) is 38.5 Å². The van der Waals surface area contributed by atoms with Crippen LogP contribution < -0.4 is 10.1 Å². The normalized spacial score (nSPS) is 16.9. The number of methoxy groups -OCH3 is 1. The average molecular weight is 415 g/mol. The van der Waals surface area contributed by atoms with Gasteiger partial charge in [0.1, 0.15) is 6.61 Å². The minimum atomic E-state index is -5.51. The highest BCUT2D eigenvalue weighted by Crippen LogP contribution is 2.55. The van der Waals surface area contributed by atoms with Crippen molar-refractivity contribution in [1.29, 1.82) is 0 Å². The van der Waals surface area contributed by atoms with Crippen molar-refractivity contribution in [2.45, 2.75) is 25.3 Å². The number of amides is 2. The van der Waals surface area contributed by atoms with Crippen molar-refractivity contribution in [1.82, 2.24) is 15.2 Å². The highest BCUT2D eigenvalue weighted by Gasteiger charge is 2.72. The van der Waals surface area contributed by atoms with Crippen molar-refractivity contribution < 1.29 is 40.6 Å². The number of ether oxygens (including phenoxy) is 2. The van der Waals surface area contributed by atoms with E-state index >= 15 is 0 Å². The van der Waals surface area contributed by atoms with Crippen molar-refractivity contribution in [2.24, 2.45) is 5.41 Å². The summed E-state index contributed by atoms with van der Waals surface area (Å²) in [5.41, 5.74) is -3.50. The molecule has 1 N–H and O–H groups in total. The number of alkyl halides is 6. The number of carbonyl (C=O) groups is 1. The Morgan fingerprint density at radius 1 is 1.25 bits per heavy atom. The van der Waals surface area contributed by atoms with Gasteiger partial charge in [-0.05, 0) is 12.5 Å². The third kappa shape index (κ3) is 4.59. The summed E-state index contributed by atoms with van der Waals surface area (Å²) in [6, 6.07) is 2.09. The van der Waals surface area contributed by atoms with Crippen LogP contribution in [0.3, 0.4) is 0 Å². The molecule has 28 heavy (non-hydrogen) atoms. The lowest BCUT2D eigenvalue weighted by Gasteiger charge is -2.33. The van der Waals surface area contributed by atoms with Gasteiger partial charge < -0.3 is 19.7 Å². The highest BCUT2D eigenvalue weighted by molar-refractivity contribution is 5.74. The Morgan fingerprint density at radius 2 is 1.93 bits per heavy atom. The van der Waals surface area contributed by atoms with Crippen LogP contribution in [0.1, 0.15) is 12.0 Å². The summed E-state index contributed by atoms with van der Waals surface area (Å²) in [4.78, 5) is 16.6. The molecule has 0 atom stereocenters. The van der Waals surface area contributed by atoms with Crippen LogP contribution in [0.4, 0.5) is 31.1 Å². The molecule has 0 saturated carbocycles. The fourth-order valence-corrected chi connectivity index (χ4v) is 2.80. The zero-order valence-corrected chi connectivity index (χ0v) is 14.9. The standard InChI is InChI=1S/C16H19F6N3O3/c1-27-7-8-28-12-11(3-2-5-23-12)9-24-13(26)25-6-4-14(10-25,15(17,18)19)16(20,21)22/h2-3,5H,4,6-10H2,1H3,(H,24,26). The van der Waals surface area contributed by atoms with Crippen molar-refractivity contribution in [3.05, 3.63) is 23.9 Å². The minimum Gasteiger partial charge on any atom is -0.475 e. The maximum Gasteiger partial charge on any atom is 0.404 e. The van der Waals surface area contributed by atoms with E-state index in [1.807, 2.05) is 0 Å². The van der Waals surface area contributed by atoms with E-state index < -0.39 is 43.3 Å². The molecule has 1 fully saturated rings. The van der Waals surface area contributed by atoms with Gasteiger partial charge in [-0.25, -0.2) is 9.78 Å². The molecule has 0 aromatic carbocycles. The number of hydrogen-bond donors (Lipinski definition) is 1. The van der Waals surface area contributed by atoms with Crippen molar-refractivity contribution in [2.75, 3.05) is 33.4 Å². The van der Waals surface area contributed by atoms with Crippen LogP contribution in [0.25, 0.3) is 0 Å². The fraction of sp³-hybridized carbons (Fsp3) is 0.625. The second kappa shape index (κ2) is 8.41. The Bertz CT molecular complexity index is 666. The first-order chi connectivity index (χ1) is 13.0. The molecule has 2 heterocycles. The van der Waals surface area contributed by atoms with Gasteiger partial charge in [0.05, 0.1) is 6.61 Å². The molecule has 0 aliphatic carbocycles. The van der Waals surface area contributed by atoms with Gasteiger partial charge in [0.2, 0.25) is 5.88 Å². The minimum absolute atomic E-state index is 0.170. The Morgan fingerprint density at radius 3 is 2.50 bits per heavy atom. The van der Waals surface area contributed by atoms with Crippen LogP contribution in [-0.2, 0) is 11.3 Å². The van der Waals surface area contributed by atoms with Crippen LogP contribution in [0, 0.1) is 5.41 Å². The topological polar surface area (TPSA) is 63.7 Å². The van der Waals surface area contributed by atoms with Crippen LogP contribution in [0.15, 0.2) is 18.3 Å². The largest absolute Gasteiger partial charge is 0.475 e. The Labute approximate surface area is 156 Å². The van der Waals surface area contributed by atoms with Gasteiger partial charge >= 0.3 is 18.4 Å². The monoisotopic (exact) mass is 415 g/mol. The van der Waals surface area contributed by atoms with E-state index in [0.717, 1.165) is 0 Å². The van der Waals surface area contributed by atoms with Gasteiger partial charge in [0.15, 0.2) is 5.41 Å². The number of pyridine rings is 1. The summed E-state index contributed by atoms with van der Waals surface area (Å²) >= 11 is 0. The molecule has 6 nitrogen and oxygen atoms in total. The maximum atomic E-state index is 13.1. The predicted octanol–water partition coefficient (Wildman–Crippen LogP) is 3.13. The van der Waals surface area contributed by atoms with Crippen LogP contribution in [0.5, 0.6) is 5.88 Å². The van der Waals surface area contributed by atoms with Crippen molar-refractivity contribution >= 4 is 6.03 Å². The van der Waals surface area contributed by atoms with E-state index in [4.69, 9.17) is 9.47 Å². The summed E-state index contributed by atoms with van der Waals surface area (Å²) in [5, 5.41) is 2.31. The molecular formula is C16H19F6N3O3. The van der Waals surface area contributed by atoms with Crippen LogP contribution in [-0.4, -0.2) is 61.7 Å². The van der Waals surface area contributed by atoms with E-state index in [1.54, 1.807) is 12.1 Å². The highest BCUT2D eigenvalue weighted by atomic mass is 19.4. The zero-order valence-electron chi connectivity index (χ0n) is 14.9. The number of nitrogens with zero attached hydrogens (tertiary/aromatic N) is 2.